The van der Waals surface area contributed by atoms with E-state index in [4.69, 9.17) is 9.72 Å². The van der Waals surface area contributed by atoms with E-state index in [0.29, 0.717) is 6.61 Å². The third kappa shape index (κ3) is 4.13. The number of amides is 1. The van der Waals surface area contributed by atoms with Gasteiger partial charge in [0.15, 0.2) is 0 Å². The van der Waals surface area contributed by atoms with Gasteiger partial charge >= 0.3 is 0 Å². The second-order valence-electron chi connectivity index (χ2n) is 8.84. The molecule has 3 aromatic rings. The van der Waals surface area contributed by atoms with Crippen LogP contribution < -0.4 is 10.2 Å². The number of aromatic nitrogens is 3. The highest BCUT2D eigenvalue weighted by Crippen LogP contribution is 2.31. The Morgan fingerprint density at radius 1 is 1.16 bits per heavy atom. The van der Waals surface area contributed by atoms with E-state index < -0.39 is 0 Å². The van der Waals surface area contributed by atoms with Gasteiger partial charge in [-0.05, 0) is 84.4 Å². The Balaban J connectivity index is 1.42. The molecule has 1 atom stereocenters. The maximum absolute atomic E-state index is 12.7. The van der Waals surface area contributed by atoms with Crippen molar-refractivity contribution >= 4 is 38.8 Å². The Hall–Kier alpha value is -2.45. The fourth-order valence-electron chi connectivity index (χ4n) is 4.57. The standard InChI is InChI=1S/C24H28BrN5O2/c1-15-11-20-21(12-16(15)2)30(22-4-3-18(25)13-26-22)24(28-20)29-8-5-17(6-9-29)23(31)27-19-7-10-32-14-19/h3-4,11-13,17,19H,5-10,14H2,1-2H3,(H,27,31). The quantitative estimate of drug-likeness (QED) is 0.591. The predicted molar refractivity (Wildman–Crippen MR) is 128 cm³/mol. The number of anilines is 1. The number of carbonyl (C=O) groups excluding carboxylic acids is 1. The molecule has 1 amide bonds. The second-order valence-corrected chi connectivity index (χ2v) is 9.75. The van der Waals surface area contributed by atoms with Gasteiger partial charge in [0.1, 0.15) is 5.82 Å². The Labute approximate surface area is 196 Å². The van der Waals surface area contributed by atoms with Crippen LogP contribution in [0.4, 0.5) is 5.95 Å². The zero-order valence-corrected chi connectivity index (χ0v) is 20.1. The van der Waals surface area contributed by atoms with Crippen LogP contribution in [0, 0.1) is 19.8 Å². The lowest BCUT2D eigenvalue weighted by atomic mass is 9.95. The van der Waals surface area contributed by atoms with Crippen molar-refractivity contribution < 1.29 is 9.53 Å². The summed E-state index contributed by atoms with van der Waals surface area (Å²) in [5.41, 5.74) is 4.48. The van der Waals surface area contributed by atoms with E-state index >= 15 is 0 Å². The topological polar surface area (TPSA) is 72.3 Å². The summed E-state index contributed by atoms with van der Waals surface area (Å²) >= 11 is 3.48. The Kier molecular flexibility index (Phi) is 5.90. The zero-order valence-electron chi connectivity index (χ0n) is 18.5. The van der Waals surface area contributed by atoms with E-state index in [1.165, 1.54) is 11.1 Å². The first-order valence-corrected chi connectivity index (χ1v) is 12.0. The van der Waals surface area contributed by atoms with Gasteiger partial charge in [0, 0.05) is 36.3 Å². The number of halogens is 1. The fraction of sp³-hybridized carbons (Fsp3) is 0.458. The van der Waals surface area contributed by atoms with Crippen LogP contribution in [0.2, 0.25) is 0 Å². The summed E-state index contributed by atoms with van der Waals surface area (Å²) in [7, 11) is 0. The Bertz CT molecular complexity index is 1130. The molecule has 2 aliphatic heterocycles. The largest absolute Gasteiger partial charge is 0.379 e. The summed E-state index contributed by atoms with van der Waals surface area (Å²) in [5.74, 6) is 1.94. The van der Waals surface area contributed by atoms with E-state index in [1.807, 2.05) is 18.3 Å². The number of carbonyl (C=O) groups is 1. The average Bonchev–Trinajstić information content (AvgIpc) is 3.43. The number of hydrogen-bond acceptors (Lipinski definition) is 5. The minimum Gasteiger partial charge on any atom is -0.379 e. The summed E-state index contributed by atoms with van der Waals surface area (Å²) in [5, 5.41) is 3.16. The van der Waals surface area contributed by atoms with Crippen LogP contribution in [0.5, 0.6) is 0 Å². The number of aryl methyl sites for hydroxylation is 2. The van der Waals surface area contributed by atoms with E-state index in [-0.39, 0.29) is 17.9 Å². The van der Waals surface area contributed by atoms with Crippen LogP contribution in [0.3, 0.4) is 0 Å². The Morgan fingerprint density at radius 2 is 1.94 bits per heavy atom. The molecular formula is C24H28BrN5O2. The number of pyridine rings is 1. The molecule has 32 heavy (non-hydrogen) atoms. The van der Waals surface area contributed by atoms with Crippen molar-refractivity contribution in [2.24, 2.45) is 5.92 Å². The van der Waals surface area contributed by atoms with Crippen molar-refractivity contribution in [3.63, 3.8) is 0 Å². The first kappa shape index (κ1) is 21.4. The highest BCUT2D eigenvalue weighted by molar-refractivity contribution is 9.10. The number of ether oxygens (including phenoxy) is 1. The van der Waals surface area contributed by atoms with Crippen molar-refractivity contribution in [1.29, 1.82) is 0 Å². The fourth-order valence-corrected chi connectivity index (χ4v) is 4.80. The average molecular weight is 498 g/mol. The molecule has 8 heteroatoms. The third-order valence-electron chi connectivity index (χ3n) is 6.62. The lowest BCUT2D eigenvalue weighted by Crippen LogP contribution is -2.44. The molecule has 168 valence electrons. The van der Waals surface area contributed by atoms with E-state index in [9.17, 15) is 4.79 Å². The number of benzene rings is 1. The van der Waals surface area contributed by atoms with Gasteiger partial charge in [0.05, 0.1) is 23.7 Å². The molecule has 1 N–H and O–H groups in total. The van der Waals surface area contributed by atoms with Crippen molar-refractivity contribution in [3.8, 4) is 5.82 Å². The monoisotopic (exact) mass is 497 g/mol. The number of fused-ring (bicyclic) bond motifs is 1. The molecule has 0 radical (unpaired) electrons. The van der Waals surface area contributed by atoms with Gasteiger partial charge in [-0.25, -0.2) is 9.97 Å². The first-order valence-electron chi connectivity index (χ1n) is 11.2. The van der Waals surface area contributed by atoms with Crippen molar-refractivity contribution in [1.82, 2.24) is 19.9 Å². The summed E-state index contributed by atoms with van der Waals surface area (Å²) in [6.45, 7) is 7.19. The smallest absolute Gasteiger partial charge is 0.223 e. The molecular weight excluding hydrogens is 470 g/mol. The van der Waals surface area contributed by atoms with Crippen molar-refractivity contribution in [2.75, 3.05) is 31.2 Å². The van der Waals surface area contributed by atoms with E-state index in [1.54, 1.807) is 0 Å². The van der Waals surface area contributed by atoms with Crippen LogP contribution in [0.15, 0.2) is 34.9 Å². The van der Waals surface area contributed by atoms with Crippen LogP contribution in [0.1, 0.15) is 30.4 Å². The highest BCUT2D eigenvalue weighted by atomic mass is 79.9. The van der Waals surface area contributed by atoms with E-state index in [2.05, 4.69) is 61.7 Å². The molecule has 2 aromatic heterocycles. The molecule has 2 fully saturated rings. The van der Waals surface area contributed by atoms with Gasteiger partial charge < -0.3 is 15.0 Å². The molecule has 0 saturated carbocycles. The number of rotatable bonds is 4. The SMILES string of the molecule is Cc1cc2nc(N3CCC(C(=O)NC4CCOC4)CC3)n(-c3ccc(Br)cn3)c2cc1C. The number of nitrogens with one attached hydrogen (secondary N) is 1. The summed E-state index contributed by atoms with van der Waals surface area (Å²) in [6, 6.07) is 8.51. The lowest BCUT2D eigenvalue weighted by molar-refractivity contribution is -0.126. The second kappa shape index (κ2) is 8.83. The van der Waals surface area contributed by atoms with Crippen LogP contribution >= 0.6 is 15.9 Å². The highest BCUT2D eigenvalue weighted by Gasteiger charge is 2.30. The molecule has 2 saturated heterocycles. The molecule has 2 aliphatic rings. The van der Waals surface area contributed by atoms with Crippen molar-refractivity contribution in [3.05, 3.63) is 46.1 Å². The van der Waals surface area contributed by atoms with Gasteiger partial charge in [0.25, 0.3) is 0 Å². The lowest BCUT2D eigenvalue weighted by Gasteiger charge is -2.32. The van der Waals surface area contributed by atoms with Gasteiger partial charge in [-0.1, -0.05) is 0 Å². The molecule has 4 heterocycles. The minimum absolute atomic E-state index is 0.0416. The summed E-state index contributed by atoms with van der Waals surface area (Å²) in [4.78, 5) is 24.7. The number of nitrogens with zero attached hydrogens (tertiary/aromatic N) is 4. The summed E-state index contributed by atoms with van der Waals surface area (Å²) in [6.07, 6.45) is 4.35. The Morgan fingerprint density at radius 3 is 2.62 bits per heavy atom. The summed E-state index contributed by atoms with van der Waals surface area (Å²) < 4.78 is 8.47. The van der Waals surface area contributed by atoms with Gasteiger partial charge in [-0.3, -0.25) is 9.36 Å². The molecule has 1 unspecified atom stereocenters. The maximum atomic E-state index is 12.7. The molecule has 1 aromatic carbocycles. The normalized spacial score (nSPS) is 19.6. The van der Waals surface area contributed by atoms with Gasteiger partial charge in [-0.15, -0.1) is 0 Å². The molecule has 5 rings (SSSR count). The van der Waals surface area contributed by atoms with Gasteiger partial charge in [0.2, 0.25) is 11.9 Å². The van der Waals surface area contributed by atoms with Crippen molar-refractivity contribution in [2.45, 2.75) is 39.2 Å². The van der Waals surface area contributed by atoms with Gasteiger partial charge in [-0.2, -0.15) is 0 Å². The number of imidazole rings is 1. The first-order chi connectivity index (χ1) is 15.5. The van der Waals surface area contributed by atoms with E-state index in [0.717, 1.165) is 66.2 Å². The third-order valence-corrected chi connectivity index (χ3v) is 7.09. The zero-order chi connectivity index (χ0) is 22.2. The van der Waals surface area contributed by atoms with Crippen LogP contribution in [-0.4, -0.2) is 52.8 Å². The maximum Gasteiger partial charge on any atom is 0.223 e. The molecule has 0 bridgehead atoms. The number of piperidine rings is 1. The molecule has 0 spiro atoms. The van der Waals surface area contributed by atoms with Crippen LogP contribution in [0.25, 0.3) is 16.9 Å². The molecule has 0 aliphatic carbocycles. The minimum atomic E-state index is 0.0416. The van der Waals surface area contributed by atoms with Crippen LogP contribution in [-0.2, 0) is 9.53 Å². The molecule has 7 nitrogen and oxygen atoms in total. The predicted octanol–water partition coefficient (Wildman–Crippen LogP) is 3.92. The number of hydrogen-bond donors (Lipinski definition) is 1.